The second-order valence-electron chi connectivity index (χ2n) is 4.01. The number of benzene rings is 1. The summed E-state index contributed by atoms with van der Waals surface area (Å²) in [6, 6.07) is 7.34. The third-order valence-corrected chi connectivity index (χ3v) is 3.15. The number of ether oxygens (including phenoxy) is 2. The molecule has 102 valence electrons. The van der Waals surface area contributed by atoms with Crippen molar-refractivity contribution >= 4 is 17.2 Å². The van der Waals surface area contributed by atoms with E-state index < -0.39 is 0 Å². The van der Waals surface area contributed by atoms with Crippen LogP contribution in [0.3, 0.4) is 0 Å². The molecule has 0 unspecified atom stereocenters. The molecule has 0 radical (unpaired) electrons. The van der Waals surface area contributed by atoms with Gasteiger partial charge >= 0.3 is 0 Å². The largest absolute Gasteiger partial charge is 0.493 e. The molecule has 2 heterocycles. The van der Waals surface area contributed by atoms with E-state index >= 15 is 0 Å². The highest BCUT2D eigenvalue weighted by Crippen LogP contribution is 2.32. The molecule has 0 saturated carbocycles. The van der Waals surface area contributed by atoms with E-state index in [1.54, 1.807) is 20.3 Å². The zero-order valence-electron chi connectivity index (χ0n) is 10.9. The van der Waals surface area contributed by atoms with Crippen LogP contribution in [-0.2, 0) is 0 Å². The van der Waals surface area contributed by atoms with E-state index in [2.05, 4.69) is 15.1 Å². The van der Waals surface area contributed by atoms with E-state index in [-0.39, 0.29) is 5.28 Å². The Balaban J connectivity index is 2.14. The summed E-state index contributed by atoms with van der Waals surface area (Å²) in [6.45, 7) is 0. The SMILES string of the molecule is COc1ccc(-c2cc3ncnn3c(Cl)n2)cc1OC. The summed E-state index contributed by atoms with van der Waals surface area (Å²) in [5.41, 5.74) is 2.18. The van der Waals surface area contributed by atoms with Gasteiger partial charge < -0.3 is 9.47 Å². The van der Waals surface area contributed by atoms with Crippen molar-refractivity contribution in [1.82, 2.24) is 19.6 Å². The Morgan fingerprint density at radius 1 is 1.10 bits per heavy atom. The second-order valence-corrected chi connectivity index (χ2v) is 4.35. The standard InChI is InChI=1S/C13H11ClN4O2/c1-19-10-4-3-8(5-11(10)20-2)9-6-12-15-7-16-18(12)13(14)17-9/h3-7H,1-2H3. The lowest BCUT2D eigenvalue weighted by atomic mass is 10.1. The number of hydrogen-bond donors (Lipinski definition) is 0. The average Bonchev–Trinajstić information content (AvgIpc) is 2.95. The van der Waals surface area contributed by atoms with Crippen molar-refractivity contribution in [2.45, 2.75) is 0 Å². The topological polar surface area (TPSA) is 61.5 Å². The highest BCUT2D eigenvalue weighted by molar-refractivity contribution is 6.28. The Kier molecular flexibility index (Phi) is 3.15. The third kappa shape index (κ3) is 2.04. The maximum Gasteiger partial charge on any atom is 0.226 e. The lowest BCUT2D eigenvalue weighted by molar-refractivity contribution is 0.355. The first-order valence-electron chi connectivity index (χ1n) is 5.81. The van der Waals surface area contributed by atoms with E-state index in [4.69, 9.17) is 21.1 Å². The maximum absolute atomic E-state index is 6.08. The first-order chi connectivity index (χ1) is 9.72. The Hall–Kier alpha value is -2.34. The molecule has 0 saturated heterocycles. The number of rotatable bonds is 3. The first kappa shape index (κ1) is 12.7. The van der Waals surface area contributed by atoms with Crippen LogP contribution in [0.1, 0.15) is 0 Å². The molecule has 20 heavy (non-hydrogen) atoms. The van der Waals surface area contributed by atoms with E-state index in [0.717, 1.165) is 5.56 Å². The molecule has 3 aromatic rings. The van der Waals surface area contributed by atoms with Gasteiger partial charge in [0.05, 0.1) is 19.9 Å². The molecule has 0 aliphatic heterocycles. The van der Waals surface area contributed by atoms with Crippen molar-refractivity contribution in [1.29, 1.82) is 0 Å². The molecular weight excluding hydrogens is 280 g/mol. The Morgan fingerprint density at radius 2 is 1.90 bits per heavy atom. The van der Waals surface area contributed by atoms with Crippen LogP contribution in [0, 0.1) is 0 Å². The zero-order chi connectivity index (χ0) is 14.1. The van der Waals surface area contributed by atoms with E-state index in [0.29, 0.717) is 22.8 Å². The fourth-order valence-electron chi connectivity index (χ4n) is 1.94. The summed E-state index contributed by atoms with van der Waals surface area (Å²) in [4.78, 5) is 8.42. The van der Waals surface area contributed by atoms with Gasteiger partial charge in [0.25, 0.3) is 0 Å². The van der Waals surface area contributed by atoms with E-state index in [9.17, 15) is 0 Å². The molecule has 0 atom stereocenters. The van der Waals surface area contributed by atoms with Crippen LogP contribution in [0.5, 0.6) is 11.5 Å². The summed E-state index contributed by atoms with van der Waals surface area (Å²) in [7, 11) is 3.18. The number of methoxy groups -OCH3 is 2. The summed E-state index contributed by atoms with van der Waals surface area (Å²) >= 11 is 6.08. The molecule has 2 aromatic heterocycles. The molecule has 0 spiro atoms. The van der Waals surface area contributed by atoms with Gasteiger partial charge in [-0.3, -0.25) is 0 Å². The van der Waals surface area contributed by atoms with Crippen LogP contribution in [0.15, 0.2) is 30.6 Å². The minimum Gasteiger partial charge on any atom is -0.493 e. The maximum atomic E-state index is 6.08. The molecule has 1 aromatic carbocycles. The second kappa shape index (κ2) is 4.97. The number of halogens is 1. The van der Waals surface area contributed by atoms with Crippen molar-refractivity contribution in [3.05, 3.63) is 35.9 Å². The zero-order valence-corrected chi connectivity index (χ0v) is 11.6. The fraction of sp³-hybridized carbons (Fsp3) is 0.154. The quantitative estimate of drug-likeness (QED) is 0.693. The molecule has 0 bridgehead atoms. The van der Waals surface area contributed by atoms with Crippen LogP contribution in [0.4, 0.5) is 0 Å². The predicted molar refractivity (Wildman–Crippen MR) is 74.3 cm³/mol. The van der Waals surface area contributed by atoms with Gasteiger partial charge in [-0.25, -0.2) is 9.97 Å². The summed E-state index contributed by atoms with van der Waals surface area (Å²) in [5, 5.41) is 4.23. The normalized spacial score (nSPS) is 10.8. The first-order valence-corrected chi connectivity index (χ1v) is 6.19. The molecule has 7 heteroatoms. The summed E-state index contributed by atoms with van der Waals surface area (Å²) in [5.74, 6) is 1.29. The van der Waals surface area contributed by atoms with Gasteiger partial charge in [0.15, 0.2) is 17.1 Å². The smallest absolute Gasteiger partial charge is 0.226 e. The molecule has 0 fully saturated rings. The summed E-state index contributed by atoms with van der Waals surface area (Å²) < 4.78 is 12.0. The van der Waals surface area contributed by atoms with Gasteiger partial charge in [-0.2, -0.15) is 9.61 Å². The minimum atomic E-state index is 0.254. The fourth-order valence-corrected chi connectivity index (χ4v) is 2.16. The van der Waals surface area contributed by atoms with Gasteiger partial charge in [-0.05, 0) is 29.8 Å². The van der Waals surface area contributed by atoms with Crippen LogP contribution in [0.25, 0.3) is 16.9 Å². The Labute approximate surface area is 119 Å². The molecule has 0 amide bonds. The molecule has 0 N–H and O–H groups in total. The van der Waals surface area contributed by atoms with E-state index in [1.807, 2.05) is 18.2 Å². The number of hydrogen-bond acceptors (Lipinski definition) is 5. The summed E-state index contributed by atoms with van der Waals surface area (Å²) in [6.07, 6.45) is 1.43. The Morgan fingerprint density at radius 3 is 2.65 bits per heavy atom. The van der Waals surface area contributed by atoms with E-state index in [1.165, 1.54) is 10.8 Å². The molecule has 0 aliphatic carbocycles. The lowest BCUT2D eigenvalue weighted by Gasteiger charge is -2.09. The van der Waals surface area contributed by atoms with Gasteiger partial charge in [-0.15, -0.1) is 0 Å². The Bertz CT molecular complexity index is 772. The lowest BCUT2D eigenvalue weighted by Crippen LogP contribution is -1.96. The highest BCUT2D eigenvalue weighted by Gasteiger charge is 2.10. The van der Waals surface area contributed by atoms with Gasteiger partial charge in [0.2, 0.25) is 5.28 Å². The minimum absolute atomic E-state index is 0.254. The third-order valence-electron chi connectivity index (χ3n) is 2.91. The van der Waals surface area contributed by atoms with Gasteiger partial charge in [0, 0.05) is 11.6 Å². The van der Waals surface area contributed by atoms with Crippen molar-refractivity contribution in [2.75, 3.05) is 14.2 Å². The number of aromatic nitrogens is 4. The van der Waals surface area contributed by atoms with Crippen molar-refractivity contribution in [2.24, 2.45) is 0 Å². The molecular formula is C13H11ClN4O2. The van der Waals surface area contributed by atoms with Crippen LogP contribution >= 0.6 is 11.6 Å². The van der Waals surface area contributed by atoms with Gasteiger partial charge in [-0.1, -0.05) is 0 Å². The van der Waals surface area contributed by atoms with Crippen molar-refractivity contribution in [3.8, 4) is 22.8 Å². The molecule has 3 rings (SSSR count). The van der Waals surface area contributed by atoms with Gasteiger partial charge in [0.1, 0.15) is 6.33 Å². The number of fused-ring (bicyclic) bond motifs is 1. The highest BCUT2D eigenvalue weighted by atomic mass is 35.5. The van der Waals surface area contributed by atoms with Crippen LogP contribution in [0.2, 0.25) is 5.28 Å². The number of nitrogens with zero attached hydrogens (tertiary/aromatic N) is 4. The van der Waals surface area contributed by atoms with Crippen LogP contribution < -0.4 is 9.47 Å². The average molecular weight is 291 g/mol. The van der Waals surface area contributed by atoms with Crippen molar-refractivity contribution < 1.29 is 9.47 Å². The predicted octanol–water partition coefficient (Wildman–Crippen LogP) is 2.46. The van der Waals surface area contributed by atoms with Crippen molar-refractivity contribution in [3.63, 3.8) is 0 Å². The molecule has 6 nitrogen and oxygen atoms in total. The monoisotopic (exact) mass is 290 g/mol. The molecule has 0 aliphatic rings. The van der Waals surface area contributed by atoms with Crippen LogP contribution in [-0.4, -0.2) is 33.8 Å².